The molecule has 0 unspecified atom stereocenters. The zero-order valence-corrected chi connectivity index (χ0v) is 17.1. The quantitative estimate of drug-likeness (QED) is 0.656. The van der Waals surface area contributed by atoms with Crippen molar-refractivity contribution in [1.82, 2.24) is 4.98 Å². The fraction of sp³-hybridized carbons (Fsp3) is 0.174. The van der Waals surface area contributed by atoms with Crippen LogP contribution in [0.2, 0.25) is 5.02 Å². The number of rotatable bonds is 5. The van der Waals surface area contributed by atoms with Gasteiger partial charge in [-0.05, 0) is 41.5 Å². The molecule has 30 heavy (non-hydrogen) atoms. The monoisotopic (exact) mass is 421 g/mol. The lowest BCUT2D eigenvalue weighted by atomic mass is 10.1. The van der Waals surface area contributed by atoms with Gasteiger partial charge in [-0.3, -0.25) is 14.5 Å². The van der Waals surface area contributed by atoms with Crippen molar-refractivity contribution in [3.8, 4) is 5.75 Å². The van der Waals surface area contributed by atoms with Crippen molar-refractivity contribution in [2.75, 3.05) is 16.8 Å². The van der Waals surface area contributed by atoms with Gasteiger partial charge in [0.2, 0.25) is 11.8 Å². The Morgan fingerprint density at radius 2 is 2.00 bits per heavy atom. The summed E-state index contributed by atoms with van der Waals surface area (Å²) in [5, 5.41) is 3.40. The maximum atomic E-state index is 12.5. The van der Waals surface area contributed by atoms with Crippen molar-refractivity contribution in [2.24, 2.45) is 0 Å². The molecule has 4 rings (SSSR count). The van der Waals surface area contributed by atoms with Gasteiger partial charge in [0.1, 0.15) is 11.6 Å². The molecule has 1 aliphatic heterocycles. The van der Waals surface area contributed by atoms with Gasteiger partial charge < -0.3 is 10.1 Å². The predicted molar refractivity (Wildman–Crippen MR) is 116 cm³/mol. The van der Waals surface area contributed by atoms with E-state index in [0.29, 0.717) is 28.8 Å². The number of nitrogens with zero attached hydrogens (tertiary/aromatic N) is 2. The molecular formula is C23H20ClN3O3. The minimum absolute atomic E-state index is 0.151. The van der Waals surface area contributed by atoms with Crippen LogP contribution >= 0.6 is 11.6 Å². The number of nitrogens with one attached hydrogen (secondary N) is 1. The third kappa shape index (κ3) is 4.28. The SMILES string of the molecule is CC(=O)N(c1ccc2c(c1)CCO2)c1cc(NC(=O)Cc2ccccc2Cl)ccn1. The van der Waals surface area contributed by atoms with Crippen LogP contribution in [0.15, 0.2) is 60.8 Å². The normalized spacial score (nSPS) is 12.1. The van der Waals surface area contributed by atoms with Crippen molar-refractivity contribution >= 4 is 40.6 Å². The minimum Gasteiger partial charge on any atom is -0.493 e. The number of hydrogen-bond acceptors (Lipinski definition) is 4. The molecule has 0 bridgehead atoms. The van der Waals surface area contributed by atoms with Gasteiger partial charge in [-0.15, -0.1) is 0 Å². The van der Waals surface area contributed by atoms with Crippen molar-refractivity contribution in [3.63, 3.8) is 0 Å². The number of hydrogen-bond donors (Lipinski definition) is 1. The van der Waals surface area contributed by atoms with E-state index < -0.39 is 0 Å². The molecule has 2 heterocycles. The first-order valence-corrected chi connectivity index (χ1v) is 9.95. The molecule has 0 saturated heterocycles. The number of halogens is 1. The molecule has 2 aromatic carbocycles. The molecule has 1 aliphatic rings. The molecule has 0 spiro atoms. The Bertz CT molecular complexity index is 1120. The predicted octanol–water partition coefficient (Wildman–Crippen LogP) is 4.54. The number of fused-ring (bicyclic) bond motifs is 1. The number of carbonyl (C=O) groups is 2. The average Bonchev–Trinajstić information content (AvgIpc) is 3.18. The van der Waals surface area contributed by atoms with Gasteiger partial charge in [0.05, 0.1) is 18.7 Å². The summed E-state index contributed by atoms with van der Waals surface area (Å²) in [7, 11) is 0. The lowest BCUT2D eigenvalue weighted by Crippen LogP contribution is -2.24. The Hall–Kier alpha value is -3.38. The Morgan fingerprint density at radius 3 is 2.80 bits per heavy atom. The highest BCUT2D eigenvalue weighted by molar-refractivity contribution is 6.31. The highest BCUT2D eigenvalue weighted by Crippen LogP contribution is 2.33. The number of carbonyl (C=O) groups excluding carboxylic acids is 2. The summed E-state index contributed by atoms with van der Waals surface area (Å²) in [6.07, 6.45) is 2.52. The number of ether oxygens (including phenoxy) is 1. The molecule has 6 nitrogen and oxygen atoms in total. The van der Waals surface area contributed by atoms with Crippen molar-refractivity contribution in [2.45, 2.75) is 19.8 Å². The van der Waals surface area contributed by atoms with Crippen LogP contribution in [-0.4, -0.2) is 23.4 Å². The third-order valence-corrected chi connectivity index (χ3v) is 5.18. The summed E-state index contributed by atoms with van der Waals surface area (Å²) in [6.45, 7) is 2.12. The molecule has 1 N–H and O–H groups in total. The van der Waals surface area contributed by atoms with Gasteiger partial charge in [0.25, 0.3) is 0 Å². The summed E-state index contributed by atoms with van der Waals surface area (Å²) in [5.74, 6) is 0.887. The Kier molecular flexibility index (Phi) is 5.68. The van der Waals surface area contributed by atoms with Crippen LogP contribution in [0.5, 0.6) is 5.75 Å². The van der Waals surface area contributed by atoms with Crippen LogP contribution in [0.25, 0.3) is 0 Å². The van der Waals surface area contributed by atoms with Crippen LogP contribution in [0.1, 0.15) is 18.1 Å². The highest BCUT2D eigenvalue weighted by Gasteiger charge is 2.20. The molecular weight excluding hydrogens is 402 g/mol. The van der Waals surface area contributed by atoms with Crippen LogP contribution in [0.4, 0.5) is 17.2 Å². The molecule has 0 fully saturated rings. The summed E-state index contributed by atoms with van der Waals surface area (Å²) >= 11 is 6.14. The van der Waals surface area contributed by atoms with Gasteiger partial charge in [-0.2, -0.15) is 0 Å². The second-order valence-corrected chi connectivity index (χ2v) is 7.37. The maximum absolute atomic E-state index is 12.5. The van der Waals surface area contributed by atoms with Gasteiger partial charge in [0.15, 0.2) is 0 Å². The number of aromatic nitrogens is 1. The highest BCUT2D eigenvalue weighted by atomic mass is 35.5. The second-order valence-electron chi connectivity index (χ2n) is 6.96. The van der Waals surface area contributed by atoms with E-state index in [1.807, 2.05) is 36.4 Å². The number of anilines is 3. The number of amides is 2. The molecule has 7 heteroatoms. The van der Waals surface area contributed by atoms with Gasteiger partial charge in [-0.25, -0.2) is 4.98 Å². The number of benzene rings is 2. The van der Waals surface area contributed by atoms with Crippen molar-refractivity contribution in [1.29, 1.82) is 0 Å². The van der Waals surface area contributed by atoms with E-state index in [9.17, 15) is 9.59 Å². The lowest BCUT2D eigenvalue weighted by molar-refractivity contribution is -0.116. The molecule has 152 valence electrons. The van der Waals surface area contributed by atoms with Crippen LogP contribution in [0.3, 0.4) is 0 Å². The van der Waals surface area contributed by atoms with Gasteiger partial charge in [-0.1, -0.05) is 29.8 Å². The Morgan fingerprint density at radius 1 is 1.17 bits per heavy atom. The Balaban J connectivity index is 1.56. The smallest absolute Gasteiger partial charge is 0.229 e. The molecule has 0 atom stereocenters. The van der Waals surface area contributed by atoms with E-state index in [2.05, 4.69) is 10.3 Å². The first kappa shape index (κ1) is 19.9. The van der Waals surface area contributed by atoms with Gasteiger partial charge >= 0.3 is 0 Å². The summed E-state index contributed by atoms with van der Waals surface area (Å²) in [4.78, 5) is 30.7. The third-order valence-electron chi connectivity index (χ3n) is 4.81. The topological polar surface area (TPSA) is 71.5 Å². The van der Waals surface area contributed by atoms with Gasteiger partial charge in [0, 0.05) is 36.3 Å². The molecule has 3 aromatic rings. The Labute approximate surface area is 179 Å². The molecule has 1 aromatic heterocycles. The largest absolute Gasteiger partial charge is 0.493 e. The van der Waals surface area contributed by atoms with E-state index in [0.717, 1.165) is 23.3 Å². The van der Waals surface area contributed by atoms with E-state index >= 15 is 0 Å². The van der Waals surface area contributed by atoms with E-state index in [1.54, 1.807) is 24.4 Å². The average molecular weight is 422 g/mol. The van der Waals surface area contributed by atoms with E-state index in [1.165, 1.54) is 11.8 Å². The van der Waals surface area contributed by atoms with Crippen molar-refractivity contribution in [3.05, 3.63) is 76.9 Å². The molecule has 0 saturated carbocycles. The fourth-order valence-electron chi connectivity index (χ4n) is 3.43. The van der Waals surface area contributed by atoms with E-state index in [-0.39, 0.29) is 18.2 Å². The fourth-order valence-corrected chi connectivity index (χ4v) is 3.63. The lowest BCUT2D eigenvalue weighted by Gasteiger charge is -2.21. The molecule has 2 amide bonds. The first-order chi connectivity index (χ1) is 14.5. The van der Waals surface area contributed by atoms with E-state index in [4.69, 9.17) is 16.3 Å². The molecule has 0 aliphatic carbocycles. The first-order valence-electron chi connectivity index (χ1n) is 9.57. The number of pyridine rings is 1. The summed E-state index contributed by atoms with van der Waals surface area (Å²) in [5.41, 5.74) is 3.06. The van der Waals surface area contributed by atoms with Crippen LogP contribution in [0, 0.1) is 0 Å². The minimum atomic E-state index is -0.204. The summed E-state index contributed by atoms with van der Waals surface area (Å²) < 4.78 is 5.54. The standard InChI is InChI=1S/C23H20ClN3O3/c1-15(28)27(19-6-7-21-17(12-19)9-11-30-21)22-14-18(8-10-25-22)26-23(29)13-16-4-2-3-5-20(16)24/h2-8,10,12,14H,9,11,13H2,1H3,(H,25,26,29). The maximum Gasteiger partial charge on any atom is 0.229 e. The zero-order chi connectivity index (χ0) is 21.1. The summed E-state index contributed by atoms with van der Waals surface area (Å²) in [6, 6.07) is 16.2. The second kappa shape index (κ2) is 8.55. The molecule has 0 radical (unpaired) electrons. The van der Waals surface area contributed by atoms with Crippen LogP contribution < -0.4 is 15.0 Å². The van der Waals surface area contributed by atoms with Crippen LogP contribution in [-0.2, 0) is 22.4 Å². The zero-order valence-electron chi connectivity index (χ0n) is 16.4. The van der Waals surface area contributed by atoms with Crippen molar-refractivity contribution < 1.29 is 14.3 Å².